The predicted molar refractivity (Wildman–Crippen MR) is 84.2 cm³/mol. The molecule has 0 atom stereocenters. The van der Waals surface area contributed by atoms with Crippen LogP contribution in [0.15, 0.2) is 42.5 Å². The van der Waals surface area contributed by atoms with Crippen LogP contribution in [-0.2, 0) is 12.8 Å². The Balaban J connectivity index is 1.79. The highest BCUT2D eigenvalue weighted by molar-refractivity contribution is 5.64. The number of rotatable bonds is 4. The second-order valence-corrected chi connectivity index (χ2v) is 5.59. The summed E-state index contributed by atoms with van der Waals surface area (Å²) in [6.07, 6.45) is 4.82. The number of alkyl halides is 2. The molecule has 22 heavy (non-hydrogen) atoms. The van der Waals surface area contributed by atoms with E-state index in [0.29, 0.717) is 0 Å². The largest absolute Gasteiger partial charge is 0.435 e. The Morgan fingerprint density at radius 1 is 0.909 bits per heavy atom. The zero-order valence-corrected chi connectivity index (χ0v) is 12.6. The topological polar surface area (TPSA) is 12.5 Å². The molecule has 1 aliphatic carbocycles. The molecule has 1 aliphatic rings. The molecule has 116 valence electrons. The average molecular weight is 303 g/mol. The standard InChI is InChI=1S/C18H19F2NO/c1-21(15-8-10-17(11-9-15)22-18(19)20)16-7-6-13-4-2-3-5-14(13)12-16/h6-12,18H,2-5H2,1H3. The Morgan fingerprint density at radius 2 is 1.55 bits per heavy atom. The maximum Gasteiger partial charge on any atom is 0.387 e. The fourth-order valence-corrected chi connectivity index (χ4v) is 2.93. The Kier molecular flexibility index (Phi) is 4.27. The first-order valence-electron chi connectivity index (χ1n) is 7.54. The zero-order chi connectivity index (χ0) is 15.5. The fraction of sp³-hybridized carbons (Fsp3) is 0.333. The lowest BCUT2D eigenvalue weighted by molar-refractivity contribution is -0.0498. The van der Waals surface area contributed by atoms with Gasteiger partial charge in [-0.1, -0.05) is 6.07 Å². The van der Waals surface area contributed by atoms with Crippen LogP contribution in [0.25, 0.3) is 0 Å². The Labute approximate surface area is 129 Å². The lowest BCUT2D eigenvalue weighted by atomic mass is 9.91. The Hall–Kier alpha value is -2.10. The van der Waals surface area contributed by atoms with Gasteiger partial charge in [0.2, 0.25) is 0 Å². The highest BCUT2D eigenvalue weighted by atomic mass is 19.3. The van der Waals surface area contributed by atoms with Crippen LogP contribution in [0.4, 0.5) is 20.2 Å². The van der Waals surface area contributed by atoms with Gasteiger partial charge >= 0.3 is 6.61 Å². The van der Waals surface area contributed by atoms with Crippen molar-refractivity contribution in [2.75, 3.05) is 11.9 Å². The summed E-state index contributed by atoms with van der Waals surface area (Å²) in [6, 6.07) is 13.3. The van der Waals surface area contributed by atoms with Gasteiger partial charge in [0.15, 0.2) is 0 Å². The van der Waals surface area contributed by atoms with E-state index in [1.54, 1.807) is 24.3 Å². The van der Waals surface area contributed by atoms with Crippen LogP contribution < -0.4 is 9.64 Å². The van der Waals surface area contributed by atoms with Crippen molar-refractivity contribution < 1.29 is 13.5 Å². The highest BCUT2D eigenvalue weighted by Gasteiger charge is 2.12. The molecule has 0 saturated heterocycles. The lowest BCUT2D eigenvalue weighted by Gasteiger charge is -2.23. The summed E-state index contributed by atoms with van der Waals surface area (Å²) in [5, 5.41) is 0. The van der Waals surface area contributed by atoms with Gasteiger partial charge in [0, 0.05) is 18.4 Å². The highest BCUT2D eigenvalue weighted by Crippen LogP contribution is 2.30. The minimum atomic E-state index is -2.79. The Morgan fingerprint density at radius 3 is 2.23 bits per heavy atom. The third-order valence-electron chi connectivity index (χ3n) is 4.17. The number of benzene rings is 2. The molecular weight excluding hydrogens is 284 g/mol. The second-order valence-electron chi connectivity index (χ2n) is 5.59. The first-order valence-corrected chi connectivity index (χ1v) is 7.54. The van der Waals surface area contributed by atoms with Crippen LogP contribution in [0, 0.1) is 0 Å². The van der Waals surface area contributed by atoms with Crippen molar-refractivity contribution in [2.45, 2.75) is 32.3 Å². The molecule has 0 N–H and O–H groups in total. The van der Waals surface area contributed by atoms with E-state index in [-0.39, 0.29) is 5.75 Å². The van der Waals surface area contributed by atoms with Crippen molar-refractivity contribution in [3.05, 3.63) is 53.6 Å². The van der Waals surface area contributed by atoms with E-state index in [4.69, 9.17) is 0 Å². The summed E-state index contributed by atoms with van der Waals surface area (Å²) >= 11 is 0. The van der Waals surface area contributed by atoms with Crippen LogP contribution >= 0.6 is 0 Å². The molecule has 2 aromatic carbocycles. The Bertz CT molecular complexity index is 640. The fourth-order valence-electron chi connectivity index (χ4n) is 2.93. The van der Waals surface area contributed by atoms with E-state index in [9.17, 15) is 8.78 Å². The second kappa shape index (κ2) is 6.34. The molecule has 0 heterocycles. The predicted octanol–water partition coefficient (Wildman–Crippen LogP) is 4.93. The first kappa shape index (κ1) is 14.8. The van der Waals surface area contributed by atoms with Crippen molar-refractivity contribution in [1.29, 1.82) is 0 Å². The van der Waals surface area contributed by atoms with Gasteiger partial charge in [-0.15, -0.1) is 0 Å². The van der Waals surface area contributed by atoms with E-state index < -0.39 is 6.61 Å². The van der Waals surface area contributed by atoms with Crippen molar-refractivity contribution in [1.82, 2.24) is 0 Å². The summed E-state index contributed by atoms with van der Waals surface area (Å²) in [5.41, 5.74) is 4.93. The molecule has 2 aromatic rings. The molecular formula is C18H19F2NO. The van der Waals surface area contributed by atoms with Crippen molar-refractivity contribution in [3.8, 4) is 5.75 Å². The molecule has 0 saturated carbocycles. The molecule has 0 spiro atoms. The molecule has 0 aromatic heterocycles. The third kappa shape index (κ3) is 3.21. The van der Waals surface area contributed by atoms with Gasteiger partial charge in [-0.2, -0.15) is 8.78 Å². The van der Waals surface area contributed by atoms with Crippen molar-refractivity contribution in [2.24, 2.45) is 0 Å². The van der Waals surface area contributed by atoms with Crippen LogP contribution in [0.1, 0.15) is 24.0 Å². The minimum Gasteiger partial charge on any atom is -0.435 e. The first-order chi connectivity index (χ1) is 10.6. The summed E-state index contributed by atoms with van der Waals surface area (Å²) in [7, 11) is 1.98. The van der Waals surface area contributed by atoms with Crippen LogP contribution in [0.5, 0.6) is 5.75 Å². The van der Waals surface area contributed by atoms with Crippen molar-refractivity contribution >= 4 is 11.4 Å². The van der Waals surface area contributed by atoms with Gasteiger partial charge in [0.05, 0.1) is 0 Å². The molecule has 0 aliphatic heterocycles. The minimum absolute atomic E-state index is 0.178. The van der Waals surface area contributed by atoms with E-state index in [1.165, 1.54) is 30.4 Å². The molecule has 0 radical (unpaired) electrons. The molecule has 0 bridgehead atoms. The molecule has 0 unspecified atom stereocenters. The van der Waals surface area contributed by atoms with Gasteiger partial charge in [-0.05, 0) is 73.2 Å². The van der Waals surface area contributed by atoms with Crippen LogP contribution in [0.2, 0.25) is 0 Å². The van der Waals surface area contributed by atoms with E-state index in [0.717, 1.165) is 17.8 Å². The number of ether oxygens (including phenoxy) is 1. The average Bonchev–Trinajstić information content (AvgIpc) is 2.54. The number of hydrogen-bond acceptors (Lipinski definition) is 2. The van der Waals surface area contributed by atoms with Crippen LogP contribution in [-0.4, -0.2) is 13.7 Å². The van der Waals surface area contributed by atoms with Gasteiger partial charge in [-0.3, -0.25) is 0 Å². The number of nitrogens with zero attached hydrogens (tertiary/aromatic N) is 1. The summed E-state index contributed by atoms with van der Waals surface area (Å²) in [5.74, 6) is 0.178. The summed E-state index contributed by atoms with van der Waals surface area (Å²) in [4.78, 5) is 2.06. The van der Waals surface area contributed by atoms with Gasteiger partial charge in [0.1, 0.15) is 5.75 Å². The van der Waals surface area contributed by atoms with Crippen molar-refractivity contribution in [3.63, 3.8) is 0 Å². The maximum atomic E-state index is 12.2. The normalized spacial score (nSPS) is 13.8. The number of halogens is 2. The molecule has 0 amide bonds. The monoisotopic (exact) mass is 303 g/mol. The number of hydrogen-bond donors (Lipinski definition) is 0. The van der Waals surface area contributed by atoms with E-state index >= 15 is 0 Å². The maximum absolute atomic E-state index is 12.2. The quantitative estimate of drug-likeness (QED) is 0.793. The molecule has 3 rings (SSSR count). The summed E-state index contributed by atoms with van der Waals surface area (Å²) in [6.45, 7) is -2.79. The van der Waals surface area contributed by atoms with E-state index in [1.807, 2.05) is 7.05 Å². The lowest BCUT2D eigenvalue weighted by Crippen LogP contribution is -2.11. The molecule has 2 nitrogen and oxygen atoms in total. The smallest absolute Gasteiger partial charge is 0.387 e. The number of fused-ring (bicyclic) bond motifs is 1. The molecule has 0 fully saturated rings. The SMILES string of the molecule is CN(c1ccc(OC(F)F)cc1)c1ccc2c(c1)CCCC2. The molecule has 4 heteroatoms. The number of aryl methyl sites for hydroxylation is 2. The van der Waals surface area contributed by atoms with Gasteiger partial charge < -0.3 is 9.64 Å². The third-order valence-corrected chi connectivity index (χ3v) is 4.17. The van der Waals surface area contributed by atoms with Gasteiger partial charge in [0.25, 0.3) is 0 Å². The van der Waals surface area contributed by atoms with Gasteiger partial charge in [-0.25, -0.2) is 0 Å². The number of anilines is 2. The zero-order valence-electron chi connectivity index (χ0n) is 12.6. The van der Waals surface area contributed by atoms with Crippen LogP contribution in [0.3, 0.4) is 0 Å². The summed E-state index contributed by atoms with van der Waals surface area (Å²) < 4.78 is 28.7. The van der Waals surface area contributed by atoms with E-state index in [2.05, 4.69) is 27.8 Å².